The van der Waals surface area contributed by atoms with Crippen molar-refractivity contribution in [1.29, 1.82) is 0 Å². The van der Waals surface area contributed by atoms with Crippen molar-refractivity contribution in [3.63, 3.8) is 0 Å². The van der Waals surface area contributed by atoms with Crippen LogP contribution in [0.1, 0.15) is 17.9 Å². The fraction of sp³-hybridized carbons (Fsp3) is 0.308. The van der Waals surface area contributed by atoms with Gasteiger partial charge in [0.25, 0.3) is 0 Å². The third-order valence-corrected chi connectivity index (χ3v) is 3.32. The van der Waals surface area contributed by atoms with Gasteiger partial charge in [-0.25, -0.2) is 0 Å². The van der Waals surface area contributed by atoms with E-state index >= 15 is 0 Å². The molecule has 3 rings (SSSR count). The molecule has 1 radical (unpaired) electrons. The fourth-order valence-electron chi connectivity index (χ4n) is 2.71. The SMILES string of the molecule is [CH]1CC2C=CC1C2c1ccccc1. The molecule has 0 N–H and O–H groups in total. The van der Waals surface area contributed by atoms with Crippen molar-refractivity contribution in [2.45, 2.75) is 12.3 Å². The van der Waals surface area contributed by atoms with Crippen LogP contribution in [0.15, 0.2) is 42.5 Å². The van der Waals surface area contributed by atoms with E-state index in [0.29, 0.717) is 5.92 Å². The van der Waals surface area contributed by atoms with E-state index in [4.69, 9.17) is 0 Å². The van der Waals surface area contributed by atoms with Crippen molar-refractivity contribution in [2.24, 2.45) is 11.8 Å². The van der Waals surface area contributed by atoms with Crippen molar-refractivity contribution >= 4 is 0 Å². The molecule has 1 aromatic carbocycles. The van der Waals surface area contributed by atoms with Gasteiger partial charge in [0.05, 0.1) is 0 Å². The van der Waals surface area contributed by atoms with E-state index in [1.807, 2.05) is 0 Å². The van der Waals surface area contributed by atoms with Crippen LogP contribution in [-0.4, -0.2) is 0 Å². The number of fused-ring (bicyclic) bond motifs is 2. The Kier molecular flexibility index (Phi) is 1.55. The predicted octanol–water partition coefficient (Wildman–Crippen LogP) is 3.18. The van der Waals surface area contributed by atoms with Crippen molar-refractivity contribution in [1.82, 2.24) is 0 Å². The van der Waals surface area contributed by atoms with Crippen LogP contribution in [0, 0.1) is 18.3 Å². The summed E-state index contributed by atoms with van der Waals surface area (Å²) in [7, 11) is 0. The van der Waals surface area contributed by atoms with Crippen molar-refractivity contribution in [3.8, 4) is 0 Å². The minimum atomic E-state index is 0.715. The molecular formula is C13H13. The van der Waals surface area contributed by atoms with Gasteiger partial charge in [-0.3, -0.25) is 0 Å². The summed E-state index contributed by atoms with van der Waals surface area (Å²) in [5.41, 5.74) is 1.51. The molecule has 0 amide bonds. The molecule has 2 aliphatic rings. The van der Waals surface area contributed by atoms with Crippen LogP contribution in [0.2, 0.25) is 0 Å². The van der Waals surface area contributed by atoms with E-state index < -0.39 is 0 Å². The molecule has 0 aliphatic heterocycles. The second kappa shape index (κ2) is 2.73. The Morgan fingerprint density at radius 1 is 1.00 bits per heavy atom. The molecule has 1 saturated carbocycles. The van der Waals surface area contributed by atoms with Gasteiger partial charge in [-0.1, -0.05) is 42.5 Å². The third kappa shape index (κ3) is 1.05. The monoisotopic (exact) mass is 169 g/mol. The average Bonchev–Trinajstić information content (AvgIpc) is 2.78. The first kappa shape index (κ1) is 7.37. The summed E-state index contributed by atoms with van der Waals surface area (Å²) >= 11 is 0. The lowest BCUT2D eigenvalue weighted by Gasteiger charge is -2.15. The van der Waals surface area contributed by atoms with Crippen LogP contribution in [-0.2, 0) is 0 Å². The van der Waals surface area contributed by atoms with Gasteiger partial charge in [-0.2, -0.15) is 0 Å². The van der Waals surface area contributed by atoms with E-state index in [-0.39, 0.29) is 0 Å². The molecule has 2 aliphatic carbocycles. The summed E-state index contributed by atoms with van der Waals surface area (Å²) in [6, 6.07) is 10.9. The Bertz CT molecular complexity index is 309. The smallest absolute Gasteiger partial charge is 0.00332 e. The summed E-state index contributed by atoms with van der Waals surface area (Å²) in [5.74, 6) is 2.25. The molecule has 65 valence electrons. The van der Waals surface area contributed by atoms with Crippen LogP contribution in [0.25, 0.3) is 0 Å². The quantitative estimate of drug-likeness (QED) is 0.566. The van der Waals surface area contributed by atoms with Gasteiger partial charge in [0.2, 0.25) is 0 Å². The van der Waals surface area contributed by atoms with E-state index in [2.05, 4.69) is 48.9 Å². The molecule has 0 heteroatoms. The van der Waals surface area contributed by atoms with Crippen molar-refractivity contribution in [2.75, 3.05) is 0 Å². The minimum absolute atomic E-state index is 0.715. The van der Waals surface area contributed by atoms with Gasteiger partial charge >= 0.3 is 0 Å². The molecule has 2 bridgehead atoms. The zero-order valence-corrected chi connectivity index (χ0v) is 7.56. The zero-order chi connectivity index (χ0) is 8.67. The molecule has 0 saturated heterocycles. The number of hydrogen-bond donors (Lipinski definition) is 0. The summed E-state index contributed by atoms with van der Waals surface area (Å²) < 4.78 is 0. The first-order valence-corrected chi connectivity index (χ1v) is 5.02. The number of rotatable bonds is 1. The van der Waals surface area contributed by atoms with E-state index in [0.717, 1.165) is 11.8 Å². The summed E-state index contributed by atoms with van der Waals surface area (Å²) in [6.45, 7) is 0. The second-order valence-corrected chi connectivity index (χ2v) is 4.03. The van der Waals surface area contributed by atoms with Gasteiger partial charge in [-0.15, -0.1) is 0 Å². The van der Waals surface area contributed by atoms with E-state index in [9.17, 15) is 0 Å². The summed E-state index contributed by atoms with van der Waals surface area (Å²) in [5, 5.41) is 0. The van der Waals surface area contributed by atoms with Crippen molar-refractivity contribution < 1.29 is 0 Å². The highest BCUT2D eigenvalue weighted by atomic mass is 14.4. The van der Waals surface area contributed by atoms with Crippen LogP contribution < -0.4 is 0 Å². The Hall–Kier alpha value is -1.04. The first-order chi connectivity index (χ1) is 6.45. The standard InChI is InChI=1S/C13H13/c1-2-4-10(5-3-1)13-11-6-7-12(13)9-8-11/h1-8,11-13H,9H2. The highest BCUT2D eigenvalue weighted by Crippen LogP contribution is 2.49. The highest BCUT2D eigenvalue weighted by molar-refractivity contribution is 5.32. The van der Waals surface area contributed by atoms with Crippen LogP contribution in [0.3, 0.4) is 0 Å². The maximum Gasteiger partial charge on any atom is -0.00332 e. The van der Waals surface area contributed by atoms with Gasteiger partial charge in [-0.05, 0) is 36.2 Å². The summed E-state index contributed by atoms with van der Waals surface area (Å²) in [6.07, 6.45) is 8.50. The Balaban J connectivity index is 1.96. The number of benzene rings is 1. The summed E-state index contributed by atoms with van der Waals surface area (Å²) in [4.78, 5) is 0. The lowest BCUT2D eigenvalue weighted by molar-refractivity contribution is 0.576. The largest absolute Gasteiger partial charge is 0.0845 e. The minimum Gasteiger partial charge on any atom is -0.0845 e. The fourth-order valence-corrected chi connectivity index (χ4v) is 2.71. The van der Waals surface area contributed by atoms with Crippen molar-refractivity contribution in [3.05, 3.63) is 54.5 Å². The molecule has 1 fully saturated rings. The number of hydrogen-bond acceptors (Lipinski definition) is 0. The topological polar surface area (TPSA) is 0 Å². The first-order valence-electron chi connectivity index (χ1n) is 5.02. The molecule has 3 unspecified atom stereocenters. The molecule has 0 spiro atoms. The molecule has 13 heavy (non-hydrogen) atoms. The highest BCUT2D eigenvalue weighted by Gasteiger charge is 2.38. The lowest BCUT2D eigenvalue weighted by atomic mass is 9.89. The van der Waals surface area contributed by atoms with Crippen LogP contribution in [0.4, 0.5) is 0 Å². The number of allylic oxidation sites excluding steroid dienone is 2. The van der Waals surface area contributed by atoms with Gasteiger partial charge in [0.1, 0.15) is 0 Å². The maximum atomic E-state index is 2.46. The Morgan fingerprint density at radius 2 is 1.85 bits per heavy atom. The molecule has 1 aromatic rings. The van der Waals surface area contributed by atoms with E-state index in [1.165, 1.54) is 12.0 Å². The molecule has 0 heterocycles. The molecule has 0 nitrogen and oxygen atoms in total. The zero-order valence-electron chi connectivity index (χ0n) is 7.56. The van der Waals surface area contributed by atoms with Crippen LogP contribution in [0.5, 0.6) is 0 Å². The van der Waals surface area contributed by atoms with Gasteiger partial charge in [0, 0.05) is 0 Å². The average molecular weight is 169 g/mol. The second-order valence-electron chi connectivity index (χ2n) is 4.03. The Labute approximate surface area is 79.3 Å². The maximum absolute atomic E-state index is 2.46. The third-order valence-electron chi connectivity index (χ3n) is 3.32. The molecule has 3 atom stereocenters. The lowest BCUT2D eigenvalue weighted by Crippen LogP contribution is -2.04. The Morgan fingerprint density at radius 3 is 2.38 bits per heavy atom. The van der Waals surface area contributed by atoms with Gasteiger partial charge < -0.3 is 0 Å². The van der Waals surface area contributed by atoms with Gasteiger partial charge in [0.15, 0.2) is 0 Å². The van der Waals surface area contributed by atoms with E-state index in [1.54, 1.807) is 0 Å². The normalized spacial score (nSPS) is 35.5. The van der Waals surface area contributed by atoms with Crippen LogP contribution >= 0.6 is 0 Å². The molecular weight excluding hydrogens is 156 g/mol. The molecule has 0 aromatic heterocycles. The predicted molar refractivity (Wildman–Crippen MR) is 54.2 cm³/mol.